The Morgan fingerprint density at radius 2 is 2.00 bits per heavy atom. The second-order valence-electron chi connectivity index (χ2n) is 5.88. The molecular weight excluding hydrogens is 254 g/mol. The normalized spacial score (nSPS) is 29.9. The van der Waals surface area contributed by atoms with Gasteiger partial charge in [0, 0.05) is 18.1 Å². The minimum atomic E-state index is -0.544. The van der Waals surface area contributed by atoms with E-state index < -0.39 is 5.91 Å². The molecule has 0 saturated carbocycles. The number of nitrogens with two attached hydrogens (primary N) is 1. The fourth-order valence-corrected chi connectivity index (χ4v) is 3.48. The van der Waals surface area contributed by atoms with Crippen molar-refractivity contribution in [1.29, 1.82) is 0 Å². The average Bonchev–Trinajstić information content (AvgIpc) is 2.40. The lowest BCUT2D eigenvalue weighted by molar-refractivity contribution is 0.0607. The standard InChI is InChI=1S/C14H21N5O/c1-19-10-3-2-4-11(19)8-9(7-10)16-13-6-5-12(14(15)20)17-18-13/h5-6,9-11H,2-4,7-8H2,1H3,(H2,15,20)(H,16,18). The number of hydrogen-bond acceptors (Lipinski definition) is 5. The lowest BCUT2D eigenvalue weighted by Gasteiger charge is -2.47. The van der Waals surface area contributed by atoms with E-state index in [2.05, 4.69) is 27.5 Å². The Bertz CT molecular complexity index is 475. The molecule has 108 valence electrons. The Balaban J connectivity index is 1.65. The fraction of sp³-hybridized carbons (Fsp3) is 0.643. The number of amides is 1. The summed E-state index contributed by atoms with van der Waals surface area (Å²) >= 11 is 0. The van der Waals surface area contributed by atoms with Crippen LogP contribution >= 0.6 is 0 Å². The zero-order chi connectivity index (χ0) is 14.1. The van der Waals surface area contributed by atoms with Gasteiger partial charge in [-0.25, -0.2) is 0 Å². The molecule has 20 heavy (non-hydrogen) atoms. The molecule has 0 aliphatic carbocycles. The van der Waals surface area contributed by atoms with Crippen molar-refractivity contribution in [3.63, 3.8) is 0 Å². The first kappa shape index (κ1) is 13.3. The highest BCUT2D eigenvalue weighted by molar-refractivity contribution is 5.90. The van der Waals surface area contributed by atoms with Crippen LogP contribution in [-0.2, 0) is 0 Å². The second kappa shape index (κ2) is 5.36. The van der Waals surface area contributed by atoms with Gasteiger partial charge in [0.25, 0.3) is 5.91 Å². The summed E-state index contributed by atoms with van der Waals surface area (Å²) in [4.78, 5) is 13.5. The number of nitrogens with one attached hydrogen (secondary N) is 1. The number of nitrogens with zero attached hydrogens (tertiary/aromatic N) is 3. The highest BCUT2D eigenvalue weighted by atomic mass is 16.1. The van der Waals surface area contributed by atoms with Crippen molar-refractivity contribution in [2.45, 2.75) is 50.2 Å². The summed E-state index contributed by atoms with van der Waals surface area (Å²) < 4.78 is 0. The van der Waals surface area contributed by atoms with Crippen LogP contribution in [0.2, 0.25) is 0 Å². The lowest BCUT2D eigenvalue weighted by atomic mass is 9.82. The third-order valence-electron chi connectivity index (χ3n) is 4.61. The van der Waals surface area contributed by atoms with Gasteiger partial charge in [0.15, 0.2) is 5.69 Å². The summed E-state index contributed by atoms with van der Waals surface area (Å²) in [5, 5.41) is 11.3. The molecule has 3 rings (SSSR count). The van der Waals surface area contributed by atoms with Crippen LogP contribution in [0, 0.1) is 0 Å². The second-order valence-corrected chi connectivity index (χ2v) is 5.88. The van der Waals surface area contributed by atoms with Crippen molar-refractivity contribution in [2.24, 2.45) is 5.73 Å². The van der Waals surface area contributed by atoms with E-state index in [1.807, 2.05) is 0 Å². The number of fused-ring (bicyclic) bond motifs is 2. The molecule has 6 heteroatoms. The quantitative estimate of drug-likeness (QED) is 0.860. The van der Waals surface area contributed by atoms with Gasteiger partial charge in [0.05, 0.1) is 0 Å². The van der Waals surface area contributed by atoms with Gasteiger partial charge in [-0.3, -0.25) is 4.79 Å². The summed E-state index contributed by atoms with van der Waals surface area (Å²) in [7, 11) is 2.24. The third-order valence-corrected chi connectivity index (χ3v) is 4.61. The number of hydrogen-bond donors (Lipinski definition) is 2. The molecule has 0 radical (unpaired) electrons. The first-order valence-electron chi connectivity index (χ1n) is 7.25. The number of primary amides is 1. The molecule has 6 nitrogen and oxygen atoms in total. The van der Waals surface area contributed by atoms with Crippen LogP contribution in [0.25, 0.3) is 0 Å². The molecular formula is C14H21N5O. The van der Waals surface area contributed by atoms with Crippen molar-refractivity contribution in [1.82, 2.24) is 15.1 Å². The van der Waals surface area contributed by atoms with E-state index in [0.717, 1.165) is 18.7 Å². The van der Waals surface area contributed by atoms with Crippen LogP contribution in [0.5, 0.6) is 0 Å². The number of anilines is 1. The van der Waals surface area contributed by atoms with Gasteiger partial charge in [-0.2, -0.15) is 0 Å². The Morgan fingerprint density at radius 1 is 1.30 bits per heavy atom. The SMILES string of the molecule is CN1C2CCCC1CC(Nc1ccc(C(N)=O)nn1)C2. The van der Waals surface area contributed by atoms with Crippen LogP contribution in [-0.4, -0.2) is 46.2 Å². The maximum absolute atomic E-state index is 11.0. The molecule has 2 fully saturated rings. The maximum Gasteiger partial charge on any atom is 0.269 e. The predicted octanol–water partition coefficient (Wildman–Crippen LogP) is 1.00. The fourth-order valence-electron chi connectivity index (χ4n) is 3.48. The maximum atomic E-state index is 11.0. The van der Waals surface area contributed by atoms with Gasteiger partial charge in [0.1, 0.15) is 5.82 Å². The molecule has 2 unspecified atom stereocenters. The van der Waals surface area contributed by atoms with Crippen molar-refractivity contribution in [3.8, 4) is 0 Å². The van der Waals surface area contributed by atoms with Crippen LogP contribution in [0.1, 0.15) is 42.6 Å². The zero-order valence-corrected chi connectivity index (χ0v) is 11.7. The molecule has 2 saturated heterocycles. The van der Waals surface area contributed by atoms with Gasteiger partial charge in [-0.1, -0.05) is 6.42 Å². The minimum Gasteiger partial charge on any atom is -0.366 e. The van der Waals surface area contributed by atoms with E-state index in [1.165, 1.54) is 19.3 Å². The van der Waals surface area contributed by atoms with Crippen LogP contribution in [0.15, 0.2) is 12.1 Å². The minimum absolute atomic E-state index is 0.204. The summed E-state index contributed by atoms with van der Waals surface area (Å²) in [6.07, 6.45) is 6.22. The number of piperidine rings is 2. The molecule has 2 aliphatic rings. The Hall–Kier alpha value is -1.69. The molecule has 1 amide bonds. The summed E-state index contributed by atoms with van der Waals surface area (Å²) in [5.74, 6) is 0.181. The third kappa shape index (κ3) is 2.60. The van der Waals surface area contributed by atoms with Crippen molar-refractivity contribution < 1.29 is 4.79 Å². The van der Waals surface area contributed by atoms with Gasteiger partial charge in [-0.05, 0) is 44.9 Å². The van der Waals surface area contributed by atoms with Crippen molar-refractivity contribution in [3.05, 3.63) is 17.8 Å². The van der Waals surface area contributed by atoms with E-state index in [0.29, 0.717) is 18.1 Å². The Labute approximate surface area is 118 Å². The van der Waals surface area contributed by atoms with Crippen molar-refractivity contribution >= 4 is 11.7 Å². The number of carbonyl (C=O) groups is 1. The van der Waals surface area contributed by atoms with Crippen LogP contribution in [0.3, 0.4) is 0 Å². The van der Waals surface area contributed by atoms with Crippen LogP contribution in [0.4, 0.5) is 5.82 Å². The smallest absolute Gasteiger partial charge is 0.269 e. The van der Waals surface area contributed by atoms with Gasteiger partial charge in [0.2, 0.25) is 0 Å². The van der Waals surface area contributed by atoms with E-state index in [9.17, 15) is 4.79 Å². The van der Waals surface area contributed by atoms with E-state index >= 15 is 0 Å². The molecule has 1 aromatic rings. The van der Waals surface area contributed by atoms with Gasteiger partial charge >= 0.3 is 0 Å². The molecule has 2 atom stereocenters. The summed E-state index contributed by atoms with van der Waals surface area (Å²) in [5.41, 5.74) is 5.36. The average molecular weight is 275 g/mol. The molecule has 1 aromatic heterocycles. The molecule has 3 N–H and O–H groups in total. The zero-order valence-electron chi connectivity index (χ0n) is 11.7. The van der Waals surface area contributed by atoms with E-state index in [-0.39, 0.29) is 5.69 Å². The number of rotatable bonds is 3. The van der Waals surface area contributed by atoms with E-state index in [1.54, 1.807) is 12.1 Å². The van der Waals surface area contributed by atoms with E-state index in [4.69, 9.17) is 5.73 Å². The first-order chi connectivity index (χ1) is 9.63. The first-order valence-corrected chi connectivity index (χ1v) is 7.25. The molecule has 0 aromatic carbocycles. The highest BCUT2D eigenvalue weighted by Crippen LogP contribution is 2.33. The molecule has 0 spiro atoms. The van der Waals surface area contributed by atoms with Crippen molar-refractivity contribution in [2.75, 3.05) is 12.4 Å². The number of aromatic nitrogens is 2. The largest absolute Gasteiger partial charge is 0.366 e. The monoisotopic (exact) mass is 275 g/mol. The van der Waals surface area contributed by atoms with Gasteiger partial charge < -0.3 is 16.0 Å². The molecule has 2 aliphatic heterocycles. The molecule has 2 bridgehead atoms. The highest BCUT2D eigenvalue weighted by Gasteiger charge is 2.35. The van der Waals surface area contributed by atoms with Crippen LogP contribution < -0.4 is 11.1 Å². The lowest BCUT2D eigenvalue weighted by Crippen LogP contribution is -2.52. The Morgan fingerprint density at radius 3 is 2.55 bits per heavy atom. The van der Waals surface area contributed by atoms with Gasteiger partial charge in [-0.15, -0.1) is 10.2 Å². The summed E-state index contributed by atoms with van der Waals surface area (Å²) in [6.45, 7) is 0. The predicted molar refractivity (Wildman–Crippen MR) is 76.4 cm³/mol. The molecule has 3 heterocycles. The Kier molecular flexibility index (Phi) is 3.56. The number of carbonyl (C=O) groups excluding carboxylic acids is 1. The summed E-state index contributed by atoms with van der Waals surface area (Å²) in [6, 6.07) is 5.19. The topological polar surface area (TPSA) is 84.1 Å².